The summed E-state index contributed by atoms with van der Waals surface area (Å²) in [5.41, 5.74) is 0. The van der Waals surface area contributed by atoms with Crippen molar-refractivity contribution in [3.8, 4) is 0 Å². The predicted octanol–water partition coefficient (Wildman–Crippen LogP) is 1.01. The zero-order chi connectivity index (χ0) is 7.33. The lowest BCUT2D eigenvalue weighted by atomic mass is 10.8. The molecule has 0 aromatic rings. The van der Waals surface area contributed by atoms with Gasteiger partial charge in [-0.1, -0.05) is 12.7 Å². The fourth-order valence-electron chi connectivity index (χ4n) is 0.172. The molecule has 0 unspecified atom stereocenters. The molecule has 0 aromatic carbocycles. The molecule has 0 saturated heterocycles. The van der Waals surface area contributed by atoms with Gasteiger partial charge in [-0.15, -0.1) is 0 Å². The van der Waals surface area contributed by atoms with Crippen LogP contribution >= 0.6 is 0 Å². The van der Waals surface area contributed by atoms with E-state index in [2.05, 4.69) is 10.8 Å². The van der Waals surface area contributed by atoms with E-state index < -0.39 is 10.1 Å². The fraction of sp³-hybridized carbons (Fsp3) is 0.200. The van der Waals surface area contributed by atoms with Gasteiger partial charge in [-0.3, -0.25) is 0 Å². The van der Waals surface area contributed by atoms with Gasteiger partial charge in [-0.05, 0) is 6.92 Å². The minimum Gasteiger partial charge on any atom is -0.388 e. The lowest BCUT2D eigenvalue weighted by Crippen LogP contribution is -1.93. The van der Waals surface area contributed by atoms with Crippen LogP contribution in [0.2, 0.25) is 0 Å². The van der Waals surface area contributed by atoms with Crippen LogP contribution in [-0.2, 0) is 14.3 Å². The molecule has 0 radical (unpaired) electrons. The van der Waals surface area contributed by atoms with Gasteiger partial charge in [-0.2, -0.15) is 8.42 Å². The van der Waals surface area contributed by atoms with Gasteiger partial charge in [-0.25, -0.2) is 0 Å². The van der Waals surface area contributed by atoms with E-state index in [4.69, 9.17) is 0 Å². The largest absolute Gasteiger partial charge is 0.388 e. The van der Waals surface area contributed by atoms with Crippen molar-refractivity contribution in [2.75, 3.05) is 0 Å². The molecule has 0 aliphatic heterocycles. The Balaban J connectivity index is 4.05. The first-order valence-corrected chi connectivity index (χ1v) is 3.76. The third-order valence-corrected chi connectivity index (χ3v) is 1.32. The molecule has 0 aromatic heterocycles. The SMILES string of the molecule is C=CS(=O)(=O)OC=CC. The number of rotatable bonds is 3. The first-order chi connectivity index (χ1) is 4.12. The first-order valence-electron chi connectivity index (χ1n) is 2.29. The third-order valence-electron chi connectivity index (χ3n) is 0.530. The van der Waals surface area contributed by atoms with Gasteiger partial charge in [0.15, 0.2) is 0 Å². The van der Waals surface area contributed by atoms with E-state index in [0.29, 0.717) is 0 Å². The van der Waals surface area contributed by atoms with Crippen molar-refractivity contribution in [2.24, 2.45) is 0 Å². The van der Waals surface area contributed by atoms with Crippen molar-refractivity contribution in [1.29, 1.82) is 0 Å². The maximum absolute atomic E-state index is 10.4. The maximum Gasteiger partial charge on any atom is 0.331 e. The zero-order valence-corrected chi connectivity index (χ0v) is 5.89. The van der Waals surface area contributed by atoms with Crippen LogP contribution in [0.3, 0.4) is 0 Å². The van der Waals surface area contributed by atoms with E-state index in [1.807, 2.05) is 0 Å². The number of allylic oxidation sites excluding steroid dienone is 1. The Morgan fingerprint density at radius 3 is 2.44 bits per heavy atom. The molecule has 9 heavy (non-hydrogen) atoms. The Morgan fingerprint density at radius 2 is 2.11 bits per heavy atom. The maximum atomic E-state index is 10.4. The van der Waals surface area contributed by atoms with Crippen molar-refractivity contribution >= 4 is 10.1 Å². The lowest BCUT2D eigenvalue weighted by Gasteiger charge is -1.92. The monoisotopic (exact) mass is 148 g/mol. The van der Waals surface area contributed by atoms with Crippen molar-refractivity contribution < 1.29 is 12.6 Å². The minimum atomic E-state index is -3.50. The molecule has 0 aliphatic carbocycles. The van der Waals surface area contributed by atoms with Crippen LogP contribution in [0.15, 0.2) is 24.3 Å². The highest BCUT2D eigenvalue weighted by Gasteiger charge is 1.98. The average molecular weight is 148 g/mol. The van der Waals surface area contributed by atoms with E-state index in [9.17, 15) is 8.42 Å². The smallest absolute Gasteiger partial charge is 0.331 e. The first kappa shape index (κ1) is 8.23. The molecule has 0 amide bonds. The molecule has 0 spiro atoms. The molecule has 0 N–H and O–H groups in total. The summed E-state index contributed by atoms with van der Waals surface area (Å²) in [6.45, 7) is 4.69. The summed E-state index contributed by atoms with van der Waals surface area (Å²) in [5.74, 6) is 0. The second-order valence-electron chi connectivity index (χ2n) is 1.23. The summed E-state index contributed by atoms with van der Waals surface area (Å²) < 4.78 is 24.9. The van der Waals surface area contributed by atoms with Crippen molar-refractivity contribution in [3.63, 3.8) is 0 Å². The second-order valence-corrected chi connectivity index (χ2v) is 2.74. The molecular weight excluding hydrogens is 140 g/mol. The summed E-state index contributed by atoms with van der Waals surface area (Å²) in [4.78, 5) is 0. The number of hydrogen-bond donors (Lipinski definition) is 0. The van der Waals surface area contributed by atoms with Crippen LogP contribution in [-0.4, -0.2) is 8.42 Å². The van der Waals surface area contributed by atoms with Crippen LogP contribution in [0.25, 0.3) is 0 Å². The molecule has 52 valence electrons. The molecule has 0 aliphatic rings. The Bertz CT molecular complexity index is 200. The molecule has 0 bridgehead atoms. The van der Waals surface area contributed by atoms with Gasteiger partial charge in [0.1, 0.15) is 6.26 Å². The molecule has 0 fully saturated rings. The summed E-state index contributed by atoms with van der Waals surface area (Å²) in [7, 11) is -3.50. The molecule has 0 rings (SSSR count). The van der Waals surface area contributed by atoms with Gasteiger partial charge >= 0.3 is 10.1 Å². The van der Waals surface area contributed by atoms with Crippen LogP contribution in [0, 0.1) is 0 Å². The summed E-state index contributed by atoms with van der Waals surface area (Å²) in [5, 5.41) is 0.743. The quantitative estimate of drug-likeness (QED) is 0.443. The fourth-order valence-corrected chi connectivity index (χ4v) is 0.517. The Hall–Kier alpha value is -0.770. The predicted molar refractivity (Wildman–Crippen MR) is 35.0 cm³/mol. The Labute approximate surface area is 54.8 Å². The highest BCUT2D eigenvalue weighted by Crippen LogP contribution is 1.92. The standard InChI is InChI=1S/C5H8O3S/c1-3-5-8-9(6,7)4-2/h3-5H,2H2,1H3. The highest BCUT2D eigenvalue weighted by molar-refractivity contribution is 7.89. The van der Waals surface area contributed by atoms with E-state index in [0.717, 1.165) is 11.7 Å². The summed E-state index contributed by atoms with van der Waals surface area (Å²) in [6, 6.07) is 0. The topological polar surface area (TPSA) is 43.4 Å². The van der Waals surface area contributed by atoms with Crippen molar-refractivity contribution in [1.82, 2.24) is 0 Å². The molecule has 4 heteroatoms. The van der Waals surface area contributed by atoms with Crippen LogP contribution in [0.4, 0.5) is 0 Å². The molecular formula is C5H8O3S. The van der Waals surface area contributed by atoms with Gasteiger partial charge < -0.3 is 4.18 Å². The normalized spacial score (nSPS) is 11.7. The molecule has 0 heterocycles. The molecule has 0 atom stereocenters. The second kappa shape index (κ2) is 3.29. The molecule has 0 saturated carbocycles. The summed E-state index contributed by atoms with van der Waals surface area (Å²) >= 11 is 0. The van der Waals surface area contributed by atoms with E-state index in [1.165, 1.54) is 6.08 Å². The number of hydrogen-bond acceptors (Lipinski definition) is 3. The van der Waals surface area contributed by atoms with Crippen LogP contribution in [0.5, 0.6) is 0 Å². The van der Waals surface area contributed by atoms with Gasteiger partial charge in [0.2, 0.25) is 0 Å². The highest BCUT2D eigenvalue weighted by atomic mass is 32.2. The van der Waals surface area contributed by atoms with Crippen LogP contribution < -0.4 is 0 Å². The van der Waals surface area contributed by atoms with E-state index in [-0.39, 0.29) is 0 Å². The van der Waals surface area contributed by atoms with Gasteiger partial charge in [0.05, 0.1) is 5.41 Å². The van der Waals surface area contributed by atoms with E-state index in [1.54, 1.807) is 6.92 Å². The summed E-state index contributed by atoms with van der Waals surface area (Å²) in [6.07, 6.45) is 2.55. The van der Waals surface area contributed by atoms with Crippen molar-refractivity contribution in [2.45, 2.75) is 6.92 Å². The third kappa shape index (κ3) is 3.78. The van der Waals surface area contributed by atoms with Crippen molar-refractivity contribution in [3.05, 3.63) is 24.3 Å². The minimum absolute atomic E-state index is 0.743. The Kier molecular flexibility index (Phi) is 3.01. The average Bonchev–Trinajstić information content (AvgIpc) is 1.84. The Morgan fingerprint density at radius 1 is 1.56 bits per heavy atom. The van der Waals surface area contributed by atoms with Gasteiger partial charge in [0, 0.05) is 0 Å². The zero-order valence-electron chi connectivity index (χ0n) is 5.07. The van der Waals surface area contributed by atoms with Gasteiger partial charge in [0.25, 0.3) is 0 Å². The lowest BCUT2D eigenvalue weighted by molar-refractivity contribution is 0.453. The van der Waals surface area contributed by atoms with Crippen LogP contribution in [0.1, 0.15) is 6.92 Å². The van der Waals surface area contributed by atoms with E-state index >= 15 is 0 Å². The molecule has 3 nitrogen and oxygen atoms in total.